The number of benzene rings is 1. The number of rotatable bonds is 6. The number of aromatic nitrogens is 1. The highest BCUT2D eigenvalue weighted by Gasteiger charge is 2.36. The molecule has 21 heavy (non-hydrogen) atoms. The van der Waals surface area contributed by atoms with Crippen molar-refractivity contribution in [2.75, 3.05) is 6.61 Å². The number of H-pyrrole nitrogens is 1. The van der Waals surface area contributed by atoms with Crippen molar-refractivity contribution in [1.29, 1.82) is 0 Å². The van der Waals surface area contributed by atoms with E-state index >= 15 is 0 Å². The summed E-state index contributed by atoms with van der Waals surface area (Å²) in [5.41, 5.74) is 2.56. The van der Waals surface area contributed by atoms with Crippen LogP contribution in [0, 0.1) is 0 Å². The quantitative estimate of drug-likeness (QED) is 0.693. The zero-order valence-corrected chi connectivity index (χ0v) is 13.2. The summed E-state index contributed by atoms with van der Waals surface area (Å²) in [5.74, 6) is 0. The number of para-hydroxylation sites is 1. The fourth-order valence-corrected chi connectivity index (χ4v) is 3.68. The van der Waals surface area contributed by atoms with Gasteiger partial charge in [-0.1, -0.05) is 50.8 Å². The van der Waals surface area contributed by atoms with Crippen LogP contribution in [0.15, 0.2) is 30.5 Å². The van der Waals surface area contributed by atoms with E-state index in [1.165, 1.54) is 61.4 Å². The summed E-state index contributed by atoms with van der Waals surface area (Å²) in [5, 5.41) is 1.34. The lowest BCUT2D eigenvalue weighted by atomic mass is 9.82. The van der Waals surface area contributed by atoms with Gasteiger partial charge in [-0.2, -0.15) is 0 Å². The van der Waals surface area contributed by atoms with Crippen molar-refractivity contribution in [2.24, 2.45) is 0 Å². The lowest BCUT2D eigenvalue weighted by Gasteiger charge is -2.37. The molecule has 0 bridgehead atoms. The molecule has 1 unspecified atom stereocenters. The van der Waals surface area contributed by atoms with Gasteiger partial charge in [0.2, 0.25) is 0 Å². The highest BCUT2D eigenvalue weighted by atomic mass is 16.5. The number of hydrogen-bond donors (Lipinski definition) is 1. The molecule has 1 fully saturated rings. The summed E-state index contributed by atoms with van der Waals surface area (Å²) >= 11 is 0. The van der Waals surface area contributed by atoms with Crippen LogP contribution in [0.5, 0.6) is 0 Å². The first kappa shape index (κ1) is 14.6. The van der Waals surface area contributed by atoms with Gasteiger partial charge in [-0.3, -0.25) is 0 Å². The van der Waals surface area contributed by atoms with Crippen LogP contribution >= 0.6 is 0 Å². The van der Waals surface area contributed by atoms with Crippen molar-refractivity contribution >= 4 is 10.9 Å². The predicted molar refractivity (Wildman–Crippen MR) is 88.5 cm³/mol. The first-order chi connectivity index (χ1) is 10.4. The van der Waals surface area contributed by atoms with Gasteiger partial charge in [0.15, 0.2) is 0 Å². The second kappa shape index (κ2) is 6.65. The second-order valence-electron chi connectivity index (χ2n) is 6.36. The minimum atomic E-state index is -0.0500. The van der Waals surface area contributed by atoms with Crippen molar-refractivity contribution in [2.45, 2.75) is 63.9 Å². The topological polar surface area (TPSA) is 25.0 Å². The van der Waals surface area contributed by atoms with Gasteiger partial charge in [-0.25, -0.2) is 0 Å². The lowest BCUT2D eigenvalue weighted by molar-refractivity contribution is -0.0898. The zero-order valence-electron chi connectivity index (χ0n) is 13.2. The number of unbranched alkanes of at least 4 members (excludes halogenated alkanes) is 3. The Labute approximate surface area is 127 Å². The van der Waals surface area contributed by atoms with Gasteiger partial charge in [0.05, 0.1) is 5.60 Å². The minimum absolute atomic E-state index is 0.0500. The fraction of sp³-hybridized carbons (Fsp3) is 0.579. The number of hydrogen-bond acceptors (Lipinski definition) is 1. The maximum absolute atomic E-state index is 6.38. The molecule has 1 aliphatic heterocycles. The Hall–Kier alpha value is -1.28. The Morgan fingerprint density at radius 2 is 2.05 bits per heavy atom. The van der Waals surface area contributed by atoms with Crippen molar-refractivity contribution < 1.29 is 4.74 Å². The van der Waals surface area contributed by atoms with Crippen LogP contribution in [-0.4, -0.2) is 11.6 Å². The van der Waals surface area contributed by atoms with Gasteiger partial charge in [0.1, 0.15) is 0 Å². The van der Waals surface area contributed by atoms with Gasteiger partial charge in [-0.15, -0.1) is 0 Å². The van der Waals surface area contributed by atoms with E-state index in [-0.39, 0.29) is 5.60 Å². The third-order valence-electron chi connectivity index (χ3n) is 4.87. The first-order valence-corrected chi connectivity index (χ1v) is 8.56. The SMILES string of the molecule is CCCCCCC1(c2c[nH]c3ccccc23)CCCCO1. The molecule has 0 radical (unpaired) electrons. The molecule has 2 heterocycles. The molecule has 0 spiro atoms. The molecule has 1 aliphatic rings. The Morgan fingerprint density at radius 3 is 2.86 bits per heavy atom. The third kappa shape index (κ3) is 3.01. The normalized spacial score (nSPS) is 22.7. The van der Waals surface area contributed by atoms with E-state index in [1.54, 1.807) is 0 Å². The van der Waals surface area contributed by atoms with E-state index in [9.17, 15) is 0 Å². The maximum atomic E-state index is 6.38. The monoisotopic (exact) mass is 285 g/mol. The highest BCUT2D eigenvalue weighted by Crippen LogP contribution is 2.42. The van der Waals surface area contributed by atoms with Crippen LogP contribution in [0.3, 0.4) is 0 Å². The van der Waals surface area contributed by atoms with Crippen molar-refractivity contribution in [1.82, 2.24) is 4.98 Å². The van der Waals surface area contributed by atoms with E-state index in [1.807, 2.05) is 0 Å². The predicted octanol–water partition coefficient (Wildman–Crippen LogP) is 5.53. The number of ether oxygens (including phenoxy) is 1. The van der Waals surface area contributed by atoms with Crippen molar-refractivity contribution in [3.8, 4) is 0 Å². The van der Waals surface area contributed by atoms with Crippen LogP contribution in [-0.2, 0) is 10.3 Å². The molecule has 1 atom stereocenters. The van der Waals surface area contributed by atoms with Crippen molar-refractivity contribution in [3.05, 3.63) is 36.0 Å². The zero-order chi connectivity index (χ0) is 14.5. The summed E-state index contributed by atoms with van der Waals surface area (Å²) < 4.78 is 6.38. The Bertz CT molecular complexity index is 566. The minimum Gasteiger partial charge on any atom is -0.370 e. The van der Waals surface area contributed by atoms with E-state index in [0.29, 0.717) is 0 Å². The molecular weight excluding hydrogens is 258 g/mol. The summed E-state index contributed by atoms with van der Waals surface area (Å²) in [6.45, 7) is 3.18. The third-order valence-corrected chi connectivity index (χ3v) is 4.87. The van der Waals surface area contributed by atoms with E-state index < -0.39 is 0 Å². The Morgan fingerprint density at radius 1 is 1.14 bits per heavy atom. The summed E-state index contributed by atoms with van der Waals surface area (Å²) in [4.78, 5) is 3.43. The molecule has 2 heteroatoms. The molecule has 1 aromatic heterocycles. The lowest BCUT2D eigenvalue weighted by Crippen LogP contribution is -2.33. The molecule has 0 saturated carbocycles. The van der Waals surface area contributed by atoms with Gasteiger partial charge >= 0.3 is 0 Å². The molecule has 2 nitrogen and oxygen atoms in total. The first-order valence-electron chi connectivity index (χ1n) is 8.56. The molecule has 2 aromatic rings. The van der Waals surface area contributed by atoms with E-state index in [0.717, 1.165) is 13.0 Å². The average molecular weight is 285 g/mol. The summed E-state index contributed by atoms with van der Waals surface area (Å²) in [7, 11) is 0. The molecule has 1 saturated heterocycles. The molecular formula is C19H27NO. The molecule has 1 N–H and O–H groups in total. The van der Waals surface area contributed by atoms with Gasteiger partial charge < -0.3 is 9.72 Å². The second-order valence-corrected chi connectivity index (χ2v) is 6.36. The fourth-order valence-electron chi connectivity index (χ4n) is 3.68. The van der Waals surface area contributed by atoms with Crippen LogP contribution in [0.25, 0.3) is 10.9 Å². The number of nitrogens with one attached hydrogen (secondary N) is 1. The smallest absolute Gasteiger partial charge is 0.0951 e. The Balaban J connectivity index is 1.87. The average Bonchev–Trinajstić information content (AvgIpc) is 2.97. The van der Waals surface area contributed by atoms with E-state index in [4.69, 9.17) is 4.74 Å². The van der Waals surface area contributed by atoms with Gasteiger partial charge in [-0.05, 0) is 31.7 Å². The van der Waals surface area contributed by atoms with Crippen LogP contribution in [0.2, 0.25) is 0 Å². The molecule has 1 aromatic carbocycles. The molecule has 0 amide bonds. The van der Waals surface area contributed by atoms with Crippen LogP contribution in [0.4, 0.5) is 0 Å². The molecule has 3 rings (SSSR count). The standard InChI is InChI=1S/C19H27NO/c1-2-3-4-7-12-19(13-8-9-14-21-19)17-15-20-18-11-6-5-10-16(17)18/h5-6,10-11,15,20H,2-4,7-9,12-14H2,1H3. The number of aromatic amines is 1. The largest absolute Gasteiger partial charge is 0.370 e. The molecule has 0 aliphatic carbocycles. The highest BCUT2D eigenvalue weighted by molar-refractivity contribution is 5.84. The van der Waals surface area contributed by atoms with Gasteiger partial charge in [0.25, 0.3) is 0 Å². The maximum Gasteiger partial charge on any atom is 0.0951 e. The van der Waals surface area contributed by atoms with Crippen LogP contribution < -0.4 is 0 Å². The summed E-state index contributed by atoms with van der Waals surface area (Å²) in [6.07, 6.45) is 12.2. The van der Waals surface area contributed by atoms with E-state index in [2.05, 4.69) is 42.4 Å². The van der Waals surface area contributed by atoms with Crippen LogP contribution in [0.1, 0.15) is 63.9 Å². The van der Waals surface area contributed by atoms with Gasteiger partial charge in [0, 0.05) is 29.3 Å². The summed E-state index contributed by atoms with van der Waals surface area (Å²) in [6, 6.07) is 8.62. The number of fused-ring (bicyclic) bond motifs is 1. The Kier molecular flexibility index (Phi) is 4.64. The molecule has 114 valence electrons. The van der Waals surface area contributed by atoms with Crippen molar-refractivity contribution in [3.63, 3.8) is 0 Å².